The number of rotatable bonds is 3. The fourth-order valence-electron chi connectivity index (χ4n) is 2.23. The topological polar surface area (TPSA) is 46.5 Å². The van der Waals surface area contributed by atoms with Gasteiger partial charge in [-0.3, -0.25) is 4.99 Å². The molecule has 1 N–H and O–H groups in total. The van der Waals surface area contributed by atoms with Crippen LogP contribution in [0.2, 0.25) is 9.49 Å². The number of amidine groups is 1. The van der Waals surface area contributed by atoms with Crippen molar-refractivity contribution in [2.24, 2.45) is 4.99 Å². The van der Waals surface area contributed by atoms with E-state index in [1.165, 1.54) is 11.3 Å². The van der Waals surface area contributed by atoms with E-state index in [0.29, 0.717) is 9.53 Å². The molecule has 7 heteroatoms. The predicted octanol–water partition coefficient (Wildman–Crippen LogP) is 5.46. The lowest BCUT2D eigenvalue weighted by Gasteiger charge is -2.13. The molecular weight excluding hydrogens is 341 g/mol. The number of ether oxygens (including phenoxy) is 1. The highest BCUT2D eigenvalue weighted by Gasteiger charge is 2.13. The highest BCUT2D eigenvalue weighted by atomic mass is 35.5. The molecule has 4 nitrogen and oxygen atoms in total. The first-order valence-corrected chi connectivity index (χ1v) is 8.51. The molecule has 3 rings (SSSR count). The van der Waals surface area contributed by atoms with Crippen LogP contribution in [0.3, 0.4) is 0 Å². The number of anilines is 1. The van der Waals surface area contributed by atoms with Crippen molar-refractivity contribution < 1.29 is 4.74 Å². The summed E-state index contributed by atoms with van der Waals surface area (Å²) < 4.78 is 6.23. The summed E-state index contributed by atoms with van der Waals surface area (Å²) in [5, 5.41) is 4.11. The molecule has 2 aromatic rings. The van der Waals surface area contributed by atoms with Crippen LogP contribution in [-0.4, -0.2) is 17.4 Å². The number of aryl methyl sites for hydroxylation is 2. The number of thiazole rings is 1. The Kier molecular flexibility index (Phi) is 4.57. The number of halogens is 2. The number of nitrogens with zero attached hydrogens (tertiary/aromatic N) is 2. The molecule has 2 heterocycles. The Bertz CT molecular complexity index is 723. The third-order valence-corrected chi connectivity index (χ3v) is 5.02. The molecule has 1 aliphatic rings. The molecule has 0 aliphatic carbocycles. The van der Waals surface area contributed by atoms with Crippen molar-refractivity contribution in [2.75, 3.05) is 11.9 Å². The molecule has 1 aromatic carbocycles. The molecule has 0 saturated carbocycles. The van der Waals surface area contributed by atoms with Gasteiger partial charge in [-0.05, 0) is 43.5 Å². The maximum Gasteiger partial charge on any atom is 0.281 e. The first kappa shape index (κ1) is 15.6. The highest BCUT2D eigenvalue weighted by Crippen LogP contribution is 2.37. The fraction of sp³-hybridized carbons (Fsp3) is 0.333. The van der Waals surface area contributed by atoms with Crippen molar-refractivity contribution in [1.82, 2.24) is 4.98 Å². The molecule has 0 spiro atoms. The lowest BCUT2D eigenvalue weighted by Crippen LogP contribution is -2.09. The van der Waals surface area contributed by atoms with E-state index >= 15 is 0 Å². The van der Waals surface area contributed by atoms with Gasteiger partial charge in [-0.15, -0.1) is 0 Å². The molecule has 22 heavy (non-hydrogen) atoms. The smallest absolute Gasteiger partial charge is 0.281 e. The number of aliphatic imine (C=N–C) groups is 1. The summed E-state index contributed by atoms with van der Waals surface area (Å²) in [6.07, 6.45) is 2.12. The van der Waals surface area contributed by atoms with Gasteiger partial charge in [0.05, 0.1) is 0 Å². The van der Waals surface area contributed by atoms with Gasteiger partial charge in [-0.1, -0.05) is 34.5 Å². The van der Waals surface area contributed by atoms with Crippen molar-refractivity contribution in [3.05, 3.63) is 32.7 Å². The Morgan fingerprint density at radius 1 is 1.23 bits per heavy atom. The Morgan fingerprint density at radius 3 is 2.68 bits per heavy atom. The standard InChI is InChI=1S/C15H15Cl2N3OS/c1-8-7-11(21-15-20-13(16)14(17)22-15)9(2)6-10(8)19-12-4-3-5-18-12/h6-7H,3-5H2,1-2H3,(H,18,19). The molecule has 0 unspecified atom stereocenters. The van der Waals surface area contributed by atoms with Crippen LogP contribution in [0.4, 0.5) is 5.69 Å². The van der Waals surface area contributed by atoms with E-state index in [1.807, 2.05) is 19.9 Å². The van der Waals surface area contributed by atoms with Crippen molar-refractivity contribution in [1.29, 1.82) is 0 Å². The van der Waals surface area contributed by atoms with Gasteiger partial charge in [0.2, 0.25) is 0 Å². The fourth-order valence-corrected chi connectivity index (χ4v) is 3.27. The minimum Gasteiger partial charge on any atom is -0.431 e. The Morgan fingerprint density at radius 2 is 2.05 bits per heavy atom. The van der Waals surface area contributed by atoms with Crippen LogP contribution < -0.4 is 10.1 Å². The predicted molar refractivity (Wildman–Crippen MR) is 93.3 cm³/mol. The summed E-state index contributed by atoms with van der Waals surface area (Å²) >= 11 is 13.0. The molecule has 0 bridgehead atoms. The average Bonchev–Trinajstić information content (AvgIpc) is 3.06. The SMILES string of the molecule is Cc1cc(Oc2nc(Cl)c(Cl)s2)c(C)cc1NC1=NCCC1. The average molecular weight is 356 g/mol. The molecular formula is C15H15Cl2N3OS. The van der Waals surface area contributed by atoms with E-state index in [9.17, 15) is 0 Å². The molecule has 0 amide bonds. The second kappa shape index (κ2) is 6.44. The van der Waals surface area contributed by atoms with Crippen molar-refractivity contribution in [2.45, 2.75) is 26.7 Å². The Balaban J connectivity index is 1.82. The van der Waals surface area contributed by atoms with Crippen molar-refractivity contribution in [3.63, 3.8) is 0 Å². The van der Waals surface area contributed by atoms with Crippen LogP contribution in [0.15, 0.2) is 17.1 Å². The Hall–Kier alpha value is -1.30. The monoisotopic (exact) mass is 355 g/mol. The molecule has 0 radical (unpaired) electrons. The maximum atomic E-state index is 5.91. The van der Waals surface area contributed by atoms with Crippen LogP contribution >= 0.6 is 34.5 Å². The zero-order valence-corrected chi connectivity index (χ0v) is 14.6. The van der Waals surface area contributed by atoms with E-state index in [0.717, 1.165) is 47.8 Å². The first-order valence-electron chi connectivity index (χ1n) is 6.94. The van der Waals surface area contributed by atoms with Gasteiger partial charge in [0.1, 0.15) is 15.9 Å². The van der Waals surface area contributed by atoms with E-state index in [2.05, 4.69) is 21.4 Å². The van der Waals surface area contributed by atoms with Crippen molar-refractivity contribution in [3.8, 4) is 10.9 Å². The molecule has 0 atom stereocenters. The largest absolute Gasteiger partial charge is 0.431 e. The molecule has 116 valence electrons. The van der Waals surface area contributed by atoms with E-state index in [1.54, 1.807) is 0 Å². The number of hydrogen-bond acceptors (Lipinski definition) is 5. The molecule has 0 fully saturated rings. The lowest BCUT2D eigenvalue weighted by molar-refractivity contribution is 0.475. The van der Waals surface area contributed by atoms with Crippen LogP contribution in [0.25, 0.3) is 0 Å². The minimum absolute atomic E-state index is 0.272. The van der Waals surface area contributed by atoms with Crippen LogP contribution in [0.5, 0.6) is 10.9 Å². The zero-order valence-electron chi connectivity index (χ0n) is 12.2. The van der Waals surface area contributed by atoms with Gasteiger partial charge in [-0.25, -0.2) is 0 Å². The van der Waals surface area contributed by atoms with Crippen LogP contribution in [0.1, 0.15) is 24.0 Å². The van der Waals surface area contributed by atoms with Gasteiger partial charge >= 0.3 is 0 Å². The number of benzene rings is 1. The van der Waals surface area contributed by atoms with Crippen LogP contribution in [0, 0.1) is 13.8 Å². The third kappa shape index (κ3) is 3.37. The summed E-state index contributed by atoms with van der Waals surface area (Å²) in [5.41, 5.74) is 3.15. The number of hydrogen-bond donors (Lipinski definition) is 1. The normalized spacial score (nSPS) is 14.1. The number of aromatic nitrogens is 1. The summed E-state index contributed by atoms with van der Waals surface area (Å²) in [7, 11) is 0. The van der Waals surface area contributed by atoms with Gasteiger partial charge < -0.3 is 10.1 Å². The summed E-state index contributed by atoms with van der Waals surface area (Å²) in [6, 6.07) is 4.04. The number of nitrogens with one attached hydrogen (secondary N) is 1. The lowest BCUT2D eigenvalue weighted by atomic mass is 10.1. The summed E-state index contributed by atoms with van der Waals surface area (Å²) in [6.45, 7) is 4.94. The van der Waals surface area contributed by atoms with Gasteiger partial charge in [0.25, 0.3) is 5.19 Å². The van der Waals surface area contributed by atoms with Gasteiger partial charge in [0, 0.05) is 18.7 Å². The molecule has 1 aromatic heterocycles. The molecule has 0 saturated heterocycles. The van der Waals surface area contributed by atoms with Gasteiger partial charge in [-0.2, -0.15) is 4.98 Å². The highest BCUT2D eigenvalue weighted by molar-refractivity contribution is 7.18. The molecule has 1 aliphatic heterocycles. The minimum atomic E-state index is 0.272. The Labute approximate surface area is 143 Å². The second-order valence-electron chi connectivity index (χ2n) is 5.14. The first-order chi connectivity index (χ1) is 10.5. The van der Waals surface area contributed by atoms with Gasteiger partial charge in [0.15, 0.2) is 5.15 Å². The third-order valence-electron chi connectivity index (χ3n) is 3.40. The maximum absolute atomic E-state index is 5.91. The summed E-state index contributed by atoms with van der Waals surface area (Å²) in [5.74, 6) is 1.80. The van der Waals surface area contributed by atoms with E-state index < -0.39 is 0 Å². The summed E-state index contributed by atoms with van der Waals surface area (Å²) in [4.78, 5) is 8.52. The quantitative estimate of drug-likeness (QED) is 0.794. The van der Waals surface area contributed by atoms with E-state index in [-0.39, 0.29) is 5.15 Å². The zero-order chi connectivity index (χ0) is 15.7. The van der Waals surface area contributed by atoms with Crippen molar-refractivity contribution >= 4 is 46.1 Å². The second-order valence-corrected chi connectivity index (χ2v) is 7.06. The van der Waals surface area contributed by atoms with Crippen LogP contribution in [-0.2, 0) is 0 Å². The van der Waals surface area contributed by atoms with E-state index in [4.69, 9.17) is 27.9 Å².